The number of aromatic carboxylic acids is 1. The molecule has 0 unspecified atom stereocenters. The standard InChI is InChI=1S/C12H9FN2O3/c1-15-6-8(11(16)17)10(14-12(15)18)7-4-2-3-5-9(7)13/h2-6H,1H3,(H,16,17). The Morgan fingerprint density at radius 3 is 2.67 bits per heavy atom. The van der Waals surface area contributed by atoms with Gasteiger partial charge in [0.2, 0.25) is 0 Å². The molecule has 0 bridgehead atoms. The number of aromatic nitrogens is 2. The van der Waals surface area contributed by atoms with E-state index in [1.807, 2.05) is 0 Å². The molecule has 2 rings (SSSR count). The van der Waals surface area contributed by atoms with Crippen LogP contribution in [-0.4, -0.2) is 20.6 Å². The second-order valence-corrected chi connectivity index (χ2v) is 3.68. The van der Waals surface area contributed by atoms with Gasteiger partial charge in [0.05, 0.1) is 5.69 Å². The van der Waals surface area contributed by atoms with Gasteiger partial charge in [-0.05, 0) is 12.1 Å². The lowest BCUT2D eigenvalue weighted by Gasteiger charge is -2.07. The molecule has 2 aromatic rings. The topological polar surface area (TPSA) is 72.2 Å². The van der Waals surface area contributed by atoms with Crippen LogP contribution in [0.1, 0.15) is 10.4 Å². The van der Waals surface area contributed by atoms with Gasteiger partial charge in [0.25, 0.3) is 0 Å². The molecule has 0 radical (unpaired) electrons. The van der Waals surface area contributed by atoms with Crippen molar-refractivity contribution >= 4 is 5.97 Å². The van der Waals surface area contributed by atoms with Crippen molar-refractivity contribution in [1.29, 1.82) is 0 Å². The van der Waals surface area contributed by atoms with E-state index < -0.39 is 17.5 Å². The third-order valence-electron chi connectivity index (χ3n) is 2.45. The lowest BCUT2D eigenvalue weighted by atomic mass is 10.1. The van der Waals surface area contributed by atoms with Crippen molar-refractivity contribution in [1.82, 2.24) is 9.55 Å². The van der Waals surface area contributed by atoms with Gasteiger partial charge in [-0.15, -0.1) is 0 Å². The van der Waals surface area contributed by atoms with E-state index in [1.165, 1.54) is 25.2 Å². The average Bonchev–Trinajstić information content (AvgIpc) is 2.32. The Morgan fingerprint density at radius 1 is 1.39 bits per heavy atom. The Hall–Kier alpha value is -2.50. The highest BCUT2D eigenvalue weighted by Gasteiger charge is 2.17. The molecule has 1 N–H and O–H groups in total. The van der Waals surface area contributed by atoms with Crippen LogP contribution in [0.5, 0.6) is 0 Å². The van der Waals surface area contributed by atoms with Crippen LogP contribution in [0.4, 0.5) is 4.39 Å². The predicted octanol–water partition coefficient (Wildman–Crippen LogP) is 1.28. The molecule has 0 aliphatic rings. The highest BCUT2D eigenvalue weighted by molar-refractivity contribution is 5.94. The quantitative estimate of drug-likeness (QED) is 0.869. The number of aryl methyl sites for hydroxylation is 1. The first-order valence-electron chi connectivity index (χ1n) is 5.06. The molecule has 18 heavy (non-hydrogen) atoms. The summed E-state index contributed by atoms with van der Waals surface area (Å²) < 4.78 is 14.6. The summed E-state index contributed by atoms with van der Waals surface area (Å²) in [5.74, 6) is -1.89. The molecule has 0 saturated carbocycles. The molecule has 1 aromatic heterocycles. The fourth-order valence-electron chi connectivity index (χ4n) is 1.56. The molecule has 1 heterocycles. The fourth-order valence-corrected chi connectivity index (χ4v) is 1.56. The number of hydrogen-bond donors (Lipinski definition) is 1. The van der Waals surface area contributed by atoms with E-state index in [0.29, 0.717) is 0 Å². The first-order chi connectivity index (χ1) is 8.50. The second-order valence-electron chi connectivity index (χ2n) is 3.68. The maximum atomic E-state index is 13.6. The van der Waals surface area contributed by atoms with Gasteiger partial charge in [-0.3, -0.25) is 0 Å². The number of carboxylic acid groups (broad SMARTS) is 1. The number of carboxylic acids is 1. The van der Waals surface area contributed by atoms with Crippen LogP contribution in [0, 0.1) is 5.82 Å². The highest BCUT2D eigenvalue weighted by atomic mass is 19.1. The smallest absolute Gasteiger partial charge is 0.347 e. The minimum absolute atomic E-state index is 0.00685. The Bertz CT molecular complexity index is 679. The zero-order chi connectivity index (χ0) is 13.3. The molecule has 1 aromatic carbocycles. The summed E-state index contributed by atoms with van der Waals surface area (Å²) >= 11 is 0. The van der Waals surface area contributed by atoms with Crippen molar-refractivity contribution in [3.05, 3.63) is 52.3 Å². The summed E-state index contributed by atoms with van der Waals surface area (Å²) in [6.07, 6.45) is 1.12. The zero-order valence-corrected chi connectivity index (χ0v) is 9.42. The Kier molecular flexibility index (Phi) is 2.93. The maximum absolute atomic E-state index is 13.6. The normalized spacial score (nSPS) is 10.3. The average molecular weight is 248 g/mol. The van der Waals surface area contributed by atoms with Gasteiger partial charge in [0.1, 0.15) is 11.4 Å². The first-order valence-corrected chi connectivity index (χ1v) is 5.06. The Labute approximate surface area is 101 Å². The van der Waals surface area contributed by atoms with Crippen molar-refractivity contribution in [3.63, 3.8) is 0 Å². The summed E-state index contributed by atoms with van der Waals surface area (Å²) in [5.41, 5.74) is -1.03. The number of carbonyl (C=O) groups is 1. The zero-order valence-electron chi connectivity index (χ0n) is 9.42. The molecule has 0 saturated heterocycles. The summed E-state index contributed by atoms with van der Waals surface area (Å²) in [7, 11) is 1.38. The molecule has 6 heteroatoms. The number of hydrogen-bond acceptors (Lipinski definition) is 3. The van der Waals surface area contributed by atoms with Crippen LogP contribution in [0.15, 0.2) is 35.3 Å². The monoisotopic (exact) mass is 248 g/mol. The molecule has 0 fully saturated rings. The molecule has 5 nitrogen and oxygen atoms in total. The van der Waals surface area contributed by atoms with Crippen LogP contribution in [0.25, 0.3) is 11.3 Å². The maximum Gasteiger partial charge on any atom is 0.347 e. The van der Waals surface area contributed by atoms with Crippen molar-refractivity contribution < 1.29 is 14.3 Å². The van der Waals surface area contributed by atoms with Gasteiger partial charge >= 0.3 is 11.7 Å². The largest absolute Gasteiger partial charge is 0.478 e. The number of rotatable bonds is 2. The third-order valence-corrected chi connectivity index (χ3v) is 2.45. The molecule has 0 spiro atoms. The number of nitrogens with zero attached hydrogens (tertiary/aromatic N) is 2. The van der Waals surface area contributed by atoms with Gasteiger partial charge in [-0.2, -0.15) is 4.98 Å². The number of benzene rings is 1. The van der Waals surface area contributed by atoms with E-state index >= 15 is 0 Å². The minimum Gasteiger partial charge on any atom is -0.478 e. The molecule has 0 aliphatic carbocycles. The number of halogens is 1. The van der Waals surface area contributed by atoms with Gasteiger partial charge in [0.15, 0.2) is 0 Å². The van der Waals surface area contributed by atoms with E-state index in [2.05, 4.69) is 4.98 Å². The van der Waals surface area contributed by atoms with Gasteiger partial charge in [0, 0.05) is 18.8 Å². The molecule has 0 amide bonds. The molecule has 0 atom stereocenters. The van der Waals surface area contributed by atoms with Crippen molar-refractivity contribution in [2.24, 2.45) is 7.05 Å². The van der Waals surface area contributed by atoms with Crippen LogP contribution in [0.2, 0.25) is 0 Å². The van der Waals surface area contributed by atoms with Gasteiger partial charge in [-0.25, -0.2) is 14.0 Å². The highest BCUT2D eigenvalue weighted by Crippen LogP contribution is 2.22. The minimum atomic E-state index is -1.27. The lowest BCUT2D eigenvalue weighted by molar-refractivity contribution is 0.0696. The SMILES string of the molecule is Cn1cc(C(=O)O)c(-c2ccccc2F)nc1=O. The van der Waals surface area contributed by atoms with E-state index in [-0.39, 0.29) is 16.8 Å². The van der Waals surface area contributed by atoms with Crippen LogP contribution >= 0.6 is 0 Å². The fraction of sp³-hybridized carbons (Fsp3) is 0.0833. The van der Waals surface area contributed by atoms with E-state index in [0.717, 1.165) is 10.8 Å². The molecular formula is C12H9FN2O3. The van der Waals surface area contributed by atoms with Crippen molar-refractivity contribution in [3.8, 4) is 11.3 Å². The Balaban J connectivity index is 2.78. The predicted molar refractivity (Wildman–Crippen MR) is 61.8 cm³/mol. The van der Waals surface area contributed by atoms with Gasteiger partial charge < -0.3 is 9.67 Å². The first kappa shape index (κ1) is 12.0. The summed E-state index contributed by atoms with van der Waals surface area (Å²) in [4.78, 5) is 26.1. The summed E-state index contributed by atoms with van der Waals surface area (Å²) in [5, 5.41) is 9.06. The lowest BCUT2D eigenvalue weighted by Crippen LogP contribution is -2.23. The molecule has 0 aliphatic heterocycles. The van der Waals surface area contributed by atoms with E-state index in [4.69, 9.17) is 5.11 Å². The van der Waals surface area contributed by atoms with Crippen LogP contribution in [0.3, 0.4) is 0 Å². The molecular weight excluding hydrogens is 239 g/mol. The molecule has 92 valence electrons. The van der Waals surface area contributed by atoms with E-state index in [1.54, 1.807) is 6.07 Å². The second kappa shape index (κ2) is 4.40. The van der Waals surface area contributed by atoms with E-state index in [9.17, 15) is 14.0 Å². The van der Waals surface area contributed by atoms with Crippen molar-refractivity contribution in [2.75, 3.05) is 0 Å². The van der Waals surface area contributed by atoms with Crippen molar-refractivity contribution in [2.45, 2.75) is 0 Å². The summed E-state index contributed by atoms with van der Waals surface area (Å²) in [6, 6.07) is 5.58. The van der Waals surface area contributed by atoms with Gasteiger partial charge in [-0.1, -0.05) is 12.1 Å². The van der Waals surface area contributed by atoms with Crippen LogP contribution < -0.4 is 5.69 Å². The van der Waals surface area contributed by atoms with Crippen LogP contribution in [-0.2, 0) is 7.05 Å². The summed E-state index contributed by atoms with van der Waals surface area (Å²) in [6.45, 7) is 0. The Morgan fingerprint density at radius 2 is 2.06 bits per heavy atom. The third kappa shape index (κ3) is 2.00.